The van der Waals surface area contributed by atoms with Crippen LogP contribution in [0.4, 0.5) is 0 Å². The summed E-state index contributed by atoms with van der Waals surface area (Å²) in [5, 5.41) is 7.64. The first-order valence-electron chi connectivity index (χ1n) is 4.93. The first-order chi connectivity index (χ1) is 6.34. The SMILES string of the molecule is CC(Cn1cncn1)NC1CCC1. The summed E-state index contributed by atoms with van der Waals surface area (Å²) in [6.07, 6.45) is 7.39. The van der Waals surface area contributed by atoms with E-state index in [-0.39, 0.29) is 0 Å². The molecule has 1 aliphatic rings. The average molecular weight is 180 g/mol. The van der Waals surface area contributed by atoms with Crippen molar-refractivity contribution in [2.75, 3.05) is 0 Å². The molecule has 0 radical (unpaired) electrons. The van der Waals surface area contributed by atoms with E-state index < -0.39 is 0 Å². The first-order valence-corrected chi connectivity index (χ1v) is 4.93. The number of hydrogen-bond acceptors (Lipinski definition) is 3. The molecule has 0 aromatic carbocycles. The van der Waals surface area contributed by atoms with Gasteiger partial charge in [0.2, 0.25) is 0 Å². The third-order valence-corrected chi connectivity index (χ3v) is 2.55. The summed E-state index contributed by atoms with van der Waals surface area (Å²) >= 11 is 0. The average Bonchev–Trinajstić information content (AvgIpc) is 2.49. The molecule has 1 aliphatic carbocycles. The highest BCUT2D eigenvalue weighted by molar-refractivity contribution is 4.79. The van der Waals surface area contributed by atoms with Crippen molar-refractivity contribution in [2.45, 2.75) is 44.8 Å². The van der Waals surface area contributed by atoms with E-state index in [0.717, 1.165) is 12.6 Å². The Kier molecular flexibility index (Phi) is 2.59. The molecule has 1 saturated carbocycles. The third-order valence-electron chi connectivity index (χ3n) is 2.55. The Morgan fingerprint density at radius 3 is 3.00 bits per heavy atom. The van der Waals surface area contributed by atoms with Crippen molar-refractivity contribution >= 4 is 0 Å². The Morgan fingerprint density at radius 2 is 2.46 bits per heavy atom. The maximum atomic E-state index is 4.07. The van der Waals surface area contributed by atoms with E-state index in [1.165, 1.54) is 19.3 Å². The van der Waals surface area contributed by atoms with Gasteiger partial charge < -0.3 is 5.32 Å². The molecule has 1 aromatic heterocycles. The van der Waals surface area contributed by atoms with Crippen LogP contribution in [0.2, 0.25) is 0 Å². The van der Waals surface area contributed by atoms with Crippen LogP contribution in [0.15, 0.2) is 12.7 Å². The number of nitrogens with one attached hydrogen (secondary N) is 1. The van der Waals surface area contributed by atoms with Crippen LogP contribution in [0, 0.1) is 0 Å². The van der Waals surface area contributed by atoms with Gasteiger partial charge in [-0.25, -0.2) is 4.98 Å². The van der Waals surface area contributed by atoms with Crippen LogP contribution < -0.4 is 5.32 Å². The fourth-order valence-corrected chi connectivity index (χ4v) is 1.64. The number of nitrogens with zero attached hydrogens (tertiary/aromatic N) is 3. The largest absolute Gasteiger partial charge is 0.310 e. The lowest BCUT2D eigenvalue weighted by molar-refractivity contribution is 0.293. The van der Waals surface area contributed by atoms with Crippen LogP contribution in [0.5, 0.6) is 0 Å². The molecule has 2 rings (SSSR count). The first kappa shape index (κ1) is 8.69. The molecule has 1 fully saturated rings. The normalized spacial score (nSPS) is 19.8. The van der Waals surface area contributed by atoms with E-state index in [0.29, 0.717) is 6.04 Å². The lowest BCUT2D eigenvalue weighted by Crippen LogP contribution is -2.42. The highest BCUT2D eigenvalue weighted by Gasteiger charge is 2.18. The molecule has 0 bridgehead atoms. The molecule has 0 spiro atoms. The van der Waals surface area contributed by atoms with Crippen LogP contribution in [0.25, 0.3) is 0 Å². The molecule has 4 heteroatoms. The second-order valence-electron chi connectivity index (χ2n) is 3.81. The molecule has 4 nitrogen and oxygen atoms in total. The molecule has 0 saturated heterocycles. The predicted octanol–water partition coefficient (Wildman–Crippen LogP) is 0.809. The van der Waals surface area contributed by atoms with Gasteiger partial charge in [-0.2, -0.15) is 5.10 Å². The van der Waals surface area contributed by atoms with Gasteiger partial charge in [0.05, 0.1) is 6.54 Å². The summed E-state index contributed by atoms with van der Waals surface area (Å²) in [6, 6.07) is 1.24. The molecule has 1 N–H and O–H groups in total. The van der Waals surface area contributed by atoms with Crippen molar-refractivity contribution in [3.63, 3.8) is 0 Å². The van der Waals surface area contributed by atoms with Gasteiger partial charge in [0.15, 0.2) is 0 Å². The van der Waals surface area contributed by atoms with E-state index in [9.17, 15) is 0 Å². The standard InChI is InChI=1S/C9H16N4/c1-8(12-9-3-2-4-9)5-13-7-10-6-11-13/h6-9,12H,2-5H2,1H3. The van der Waals surface area contributed by atoms with Gasteiger partial charge in [-0.05, 0) is 19.8 Å². The summed E-state index contributed by atoms with van der Waals surface area (Å²) in [5.41, 5.74) is 0. The van der Waals surface area contributed by atoms with E-state index in [2.05, 4.69) is 22.3 Å². The lowest BCUT2D eigenvalue weighted by atomic mass is 9.92. The van der Waals surface area contributed by atoms with Crippen molar-refractivity contribution in [3.8, 4) is 0 Å². The molecular formula is C9H16N4. The third kappa shape index (κ3) is 2.28. The second kappa shape index (κ2) is 3.87. The van der Waals surface area contributed by atoms with Gasteiger partial charge in [0.25, 0.3) is 0 Å². The maximum Gasteiger partial charge on any atom is 0.137 e. The number of aromatic nitrogens is 3. The van der Waals surface area contributed by atoms with Gasteiger partial charge in [-0.1, -0.05) is 6.42 Å². The minimum atomic E-state index is 0.493. The van der Waals surface area contributed by atoms with Gasteiger partial charge in [-0.15, -0.1) is 0 Å². The molecule has 0 amide bonds. The molecule has 1 atom stereocenters. The molecule has 1 aromatic rings. The van der Waals surface area contributed by atoms with Crippen molar-refractivity contribution in [1.29, 1.82) is 0 Å². The zero-order valence-electron chi connectivity index (χ0n) is 7.98. The fraction of sp³-hybridized carbons (Fsp3) is 0.778. The topological polar surface area (TPSA) is 42.7 Å². The molecule has 1 unspecified atom stereocenters. The zero-order valence-corrected chi connectivity index (χ0v) is 7.98. The quantitative estimate of drug-likeness (QED) is 0.745. The fourth-order valence-electron chi connectivity index (χ4n) is 1.64. The predicted molar refractivity (Wildman–Crippen MR) is 50.3 cm³/mol. The number of hydrogen-bond donors (Lipinski definition) is 1. The van der Waals surface area contributed by atoms with Crippen molar-refractivity contribution in [3.05, 3.63) is 12.7 Å². The minimum Gasteiger partial charge on any atom is -0.310 e. The highest BCUT2D eigenvalue weighted by atomic mass is 15.3. The van der Waals surface area contributed by atoms with E-state index in [1.807, 2.05) is 4.68 Å². The lowest BCUT2D eigenvalue weighted by Gasteiger charge is -2.29. The van der Waals surface area contributed by atoms with Crippen LogP contribution in [-0.2, 0) is 6.54 Å². The molecule has 72 valence electrons. The van der Waals surface area contributed by atoms with Crippen LogP contribution >= 0.6 is 0 Å². The van der Waals surface area contributed by atoms with E-state index in [4.69, 9.17) is 0 Å². The monoisotopic (exact) mass is 180 g/mol. The van der Waals surface area contributed by atoms with Gasteiger partial charge in [0.1, 0.15) is 12.7 Å². The minimum absolute atomic E-state index is 0.493. The van der Waals surface area contributed by atoms with Crippen molar-refractivity contribution < 1.29 is 0 Å². The Labute approximate surface area is 78.4 Å². The summed E-state index contributed by atoms with van der Waals surface area (Å²) in [5.74, 6) is 0. The summed E-state index contributed by atoms with van der Waals surface area (Å²) in [4.78, 5) is 3.91. The molecule has 1 heterocycles. The smallest absolute Gasteiger partial charge is 0.137 e. The molecular weight excluding hydrogens is 164 g/mol. The van der Waals surface area contributed by atoms with Crippen molar-refractivity contribution in [1.82, 2.24) is 20.1 Å². The van der Waals surface area contributed by atoms with Gasteiger partial charge in [0, 0.05) is 12.1 Å². The molecule has 0 aliphatic heterocycles. The molecule has 13 heavy (non-hydrogen) atoms. The highest BCUT2D eigenvalue weighted by Crippen LogP contribution is 2.18. The summed E-state index contributed by atoms with van der Waals surface area (Å²) < 4.78 is 1.87. The Morgan fingerprint density at radius 1 is 1.62 bits per heavy atom. The van der Waals surface area contributed by atoms with Gasteiger partial charge in [-0.3, -0.25) is 4.68 Å². The zero-order chi connectivity index (χ0) is 9.10. The Bertz CT molecular complexity index is 240. The van der Waals surface area contributed by atoms with Crippen molar-refractivity contribution in [2.24, 2.45) is 0 Å². The number of rotatable bonds is 4. The summed E-state index contributed by atoms with van der Waals surface area (Å²) in [7, 11) is 0. The summed E-state index contributed by atoms with van der Waals surface area (Å²) in [6.45, 7) is 3.11. The van der Waals surface area contributed by atoms with Gasteiger partial charge >= 0.3 is 0 Å². The Hall–Kier alpha value is -0.900. The van der Waals surface area contributed by atoms with Crippen LogP contribution in [0.3, 0.4) is 0 Å². The second-order valence-corrected chi connectivity index (χ2v) is 3.81. The van der Waals surface area contributed by atoms with E-state index in [1.54, 1.807) is 12.7 Å². The van der Waals surface area contributed by atoms with Crippen LogP contribution in [-0.4, -0.2) is 26.8 Å². The Balaban J connectivity index is 1.74. The maximum absolute atomic E-state index is 4.07. The van der Waals surface area contributed by atoms with E-state index >= 15 is 0 Å². The van der Waals surface area contributed by atoms with Crippen LogP contribution in [0.1, 0.15) is 26.2 Å².